The van der Waals surface area contributed by atoms with Gasteiger partial charge >= 0.3 is 0 Å². The summed E-state index contributed by atoms with van der Waals surface area (Å²) in [6.45, 7) is 1.53. The lowest BCUT2D eigenvalue weighted by atomic mass is 10.2. The van der Waals surface area contributed by atoms with Gasteiger partial charge < -0.3 is 9.88 Å². The van der Waals surface area contributed by atoms with Crippen LogP contribution in [0.1, 0.15) is 5.56 Å². The van der Waals surface area contributed by atoms with E-state index in [-0.39, 0.29) is 5.56 Å². The number of aromatic nitrogens is 1. The molecule has 3 nitrogen and oxygen atoms in total. The van der Waals surface area contributed by atoms with Crippen LogP contribution in [0.2, 0.25) is 0 Å². The zero-order valence-electron chi connectivity index (χ0n) is 10.3. The topological polar surface area (TPSA) is 34.0 Å². The van der Waals surface area contributed by atoms with Crippen LogP contribution < -0.4 is 10.9 Å². The van der Waals surface area contributed by atoms with Crippen LogP contribution in [0.3, 0.4) is 0 Å². The van der Waals surface area contributed by atoms with Crippen LogP contribution in [0.5, 0.6) is 0 Å². The lowest BCUT2D eigenvalue weighted by molar-refractivity contribution is 0.505. The second-order valence-electron chi connectivity index (χ2n) is 4.16. The molecule has 0 amide bonds. The van der Waals surface area contributed by atoms with Gasteiger partial charge in [0.1, 0.15) is 0 Å². The molecule has 0 aliphatic heterocycles. The molecular formula is C14H14F2N2O. The Hall–Kier alpha value is -2.01. The fraction of sp³-hybridized carbons (Fsp3) is 0.214. The van der Waals surface area contributed by atoms with Gasteiger partial charge in [-0.25, -0.2) is 8.78 Å². The number of hydrogen-bond donors (Lipinski definition) is 1. The highest BCUT2D eigenvalue weighted by atomic mass is 19.2. The second kappa shape index (κ2) is 6.24. The normalized spacial score (nSPS) is 10.6. The third-order valence-electron chi connectivity index (χ3n) is 2.74. The molecule has 2 rings (SSSR count). The van der Waals surface area contributed by atoms with Gasteiger partial charge in [-0.1, -0.05) is 12.1 Å². The maximum Gasteiger partial charge on any atom is 0.250 e. The molecule has 5 heteroatoms. The van der Waals surface area contributed by atoms with Crippen LogP contribution >= 0.6 is 0 Å². The van der Waals surface area contributed by atoms with E-state index in [9.17, 15) is 13.6 Å². The molecule has 0 saturated heterocycles. The minimum Gasteiger partial charge on any atom is -0.314 e. The molecule has 1 aromatic carbocycles. The molecular weight excluding hydrogens is 250 g/mol. The molecule has 0 fully saturated rings. The van der Waals surface area contributed by atoms with Crippen LogP contribution in [0, 0.1) is 11.6 Å². The molecule has 0 radical (unpaired) electrons. The predicted octanol–water partition coefficient (Wildman–Crippen LogP) is 1.92. The van der Waals surface area contributed by atoms with Crippen molar-refractivity contribution in [1.29, 1.82) is 0 Å². The molecule has 0 aliphatic rings. The van der Waals surface area contributed by atoms with Gasteiger partial charge in [0.05, 0.1) is 0 Å². The lowest BCUT2D eigenvalue weighted by Crippen LogP contribution is -2.25. The van der Waals surface area contributed by atoms with E-state index in [0.29, 0.717) is 25.2 Å². The first-order valence-electron chi connectivity index (χ1n) is 5.97. The Bertz CT molecular complexity index is 610. The molecule has 19 heavy (non-hydrogen) atoms. The monoisotopic (exact) mass is 264 g/mol. The SMILES string of the molecule is O=c1ccccn1CCNCc1ccc(F)c(F)c1. The van der Waals surface area contributed by atoms with Crippen molar-refractivity contribution in [1.82, 2.24) is 9.88 Å². The Morgan fingerprint density at radius 1 is 1.11 bits per heavy atom. The van der Waals surface area contributed by atoms with Crippen LogP contribution in [-0.2, 0) is 13.1 Å². The summed E-state index contributed by atoms with van der Waals surface area (Å²) in [5, 5.41) is 3.08. The smallest absolute Gasteiger partial charge is 0.250 e. The quantitative estimate of drug-likeness (QED) is 0.837. The number of pyridine rings is 1. The minimum absolute atomic E-state index is 0.0582. The summed E-state index contributed by atoms with van der Waals surface area (Å²) in [5.41, 5.74) is 0.608. The average Bonchev–Trinajstić information content (AvgIpc) is 2.40. The Morgan fingerprint density at radius 2 is 1.95 bits per heavy atom. The molecule has 0 saturated carbocycles. The highest BCUT2D eigenvalue weighted by molar-refractivity contribution is 5.17. The van der Waals surface area contributed by atoms with Crippen molar-refractivity contribution in [3.63, 3.8) is 0 Å². The standard InChI is InChI=1S/C14H14F2N2O/c15-12-5-4-11(9-13(12)16)10-17-6-8-18-7-2-1-3-14(18)19/h1-5,7,9,17H,6,8,10H2. The molecule has 2 aromatic rings. The van der Waals surface area contributed by atoms with Gasteiger partial charge in [0.25, 0.3) is 5.56 Å². The van der Waals surface area contributed by atoms with Crippen molar-refractivity contribution in [3.05, 3.63) is 70.1 Å². The van der Waals surface area contributed by atoms with Crippen molar-refractivity contribution in [3.8, 4) is 0 Å². The maximum absolute atomic E-state index is 13.0. The summed E-state index contributed by atoms with van der Waals surface area (Å²) in [7, 11) is 0. The van der Waals surface area contributed by atoms with Crippen LogP contribution in [0.4, 0.5) is 8.78 Å². The van der Waals surface area contributed by atoms with E-state index < -0.39 is 11.6 Å². The third-order valence-corrected chi connectivity index (χ3v) is 2.74. The van der Waals surface area contributed by atoms with Crippen LogP contribution in [0.15, 0.2) is 47.4 Å². The Balaban J connectivity index is 1.82. The molecule has 0 aliphatic carbocycles. The largest absolute Gasteiger partial charge is 0.314 e. The Morgan fingerprint density at radius 3 is 2.68 bits per heavy atom. The molecule has 0 spiro atoms. The average molecular weight is 264 g/mol. The van der Waals surface area contributed by atoms with Crippen molar-refractivity contribution in [2.45, 2.75) is 13.1 Å². The first-order valence-corrected chi connectivity index (χ1v) is 5.97. The van der Waals surface area contributed by atoms with Gasteiger partial charge in [-0.2, -0.15) is 0 Å². The van der Waals surface area contributed by atoms with E-state index in [1.165, 1.54) is 12.1 Å². The highest BCUT2D eigenvalue weighted by Crippen LogP contribution is 2.08. The predicted molar refractivity (Wildman–Crippen MR) is 68.8 cm³/mol. The second-order valence-corrected chi connectivity index (χ2v) is 4.16. The van der Waals surface area contributed by atoms with Crippen LogP contribution in [0.25, 0.3) is 0 Å². The zero-order chi connectivity index (χ0) is 13.7. The summed E-state index contributed by atoms with van der Waals surface area (Å²) < 4.78 is 27.3. The first kappa shape index (κ1) is 13.4. The fourth-order valence-electron chi connectivity index (χ4n) is 1.73. The summed E-state index contributed by atoms with van der Waals surface area (Å²) in [6.07, 6.45) is 1.71. The summed E-state index contributed by atoms with van der Waals surface area (Å²) in [5.74, 6) is -1.70. The zero-order valence-corrected chi connectivity index (χ0v) is 10.3. The number of nitrogens with zero attached hydrogens (tertiary/aromatic N) is 1. The van der Waals surface area contributed by atoms with Crippen LogP contribution in [-0.4, -0.2) is 11.1 Å². The van der Waals surface area contributed by atoms with Crippen molar-refractivity contribution >= 4 is 0 Å². The van der Waals surface area contributed by atoms with E-state index in [0.717, 1.165) is 12.1 Å². The number of nitrogens with one attached hydrogen (secondary N) is 1. The summed E-state index contributed by atoms with van der Waals surface area (Å²) in [6, 6.07) is 8.77. The first-order chi connectivity index (χ1) is 9.16. The summed E-state index contributed by atoms with van der Waals surface area (Å²) >= 11 is 0. The fourth-order valence-corrected chi connectivity index (χ4v) is 1.73. The molecule has 0 atom stereocenters. The highest BCUT2D eigenvalue weighted by Gasteiger charge is 2.02. The van der Waals surface area contributed by atoms with E-state index >= 15 is 0 Å². The number of rotatable bonds is 5. The van der Waals surface area contributed by atoms with E-state index in [2.05, 4.69) is 5.32 Å². The summed E-state index contributed by atoms with van der Waals surface area (Å²) in [4.78, 5) is 11.4. The van der Waals surface area contributed by atoms with E-state index in [1.807, 2.05) is 0 Å². The van der Waals surface area contributed by atoms with Crippen molar-refractivity contribution in [2.24, 2.45) is 0 Å². The molecule has 1 N–H and O–H groups in total. The molecule has 100 valence electrons. The Kier molecular flexibility index (Phi) is 4.41. The number of halogens is 2. The molecule has 0 unspecified atom stereocenters. The Labute approximate surface area is 109 Å². The van der Waals surface area contributed by atoms with Gasteiger partial charge in [-0.3, -0.25) is 4.79 Å². The van der Waals surface area contributed by atoms with E-state index in [1.54, 1.807) is 22.9 Å². The van der Waals surface area contributed by atoms with Crippen molar-refractivity contribution < 1.29 is 8.78 Å². The molecule has 1 aromatic heterocycles. The van der Waals surface area contributed by atoms with Gasteiger partial charge in [0.2, 0.25) is 0 Å². The molecule has 1 heterocycles. The van der Waals surface area contributed by atoms with Crippen molar-refractivity contribution in [2.75, 3.05) is 6.54 Å². The third kappa shape index (κ3) is 3.72. The van der Waals surface area contributed by atoms with Gasteiger partial charge in [-0.15, -0.1) is 0 Å². The van der Waals surface area contributed by atoms with Gasteiger partial charge in [-0.05, 0) is 23.8 Å². The number of benzene rings is 1. The lowest BCUT2D eigenvalue weighted by Gasteiger charge is -2.07. The van der Waals surface area contributed by atoms with Gasteiger partial charge in [0, 0.05) is 31.9 Å². The van der Waals surface area contributed by atoms with E-state index in [4.69, 9.17) is 0 Å². The number of hydrogen-bond acceptors (Lipinski definition) is 2. The van der Waals surface area contributed by atoms with Gasteiger partial charge in [0.15, 0.2) is 11.6 Å². The maximum atomic E-state index is 13.0. The minimum atomic E-state index is -0.849. The molecule has 0 bridgehead atoms.